The van der Waals surface area contributed by atoms with Crippen LogP contribution in [-0.2, 0) is 20.6 Å². The van der Waals surface area contributed by atoms with Crippen molar-refractivity contribution < 1.29 is 4.39 Å². The molecule has 8 heteroatoms. The molecule has 0 fully saturated rings. The van der Waals surface area contributed by atoms with Gasteiger partial charge < -0.3 is 5.32 Å². The number of halogens is 1. The van der Waals surface area contributed by atoms with Gasteiger partial charge in [0.05, 0.1) is 6.54 Å². The zero-order valence-corrected chi connectivity index (χ0v) is 16.0. The topological polar surface area (TPSA) is 73.8 Å². The number of aryl methyl sites for hydroxylation is 1. The summed E-state index contributed by atoms with van der Waals surface area (Å²) in [6, 6.07) is 6.22. The molecule has 3 rings (SSSR count). The summed E-state index contributed by atoms with van der Waals surface area (Å²) < 4.78 is 17.7. The van der Waals surface area contributed by atoms with Gasteiger partial charge in [-0.1, -0.05) is 26.0 Å². The van der Waals surface area contributed by atoms with E-state index in [0.717, 1.165) is 11.0 Å². The lowest BCUT2D eigenvalue weighted by atomic mass is 10.1. The van der Waals surface area contributed by atoms with Crippen molar-refractivity contribution in [1.29, 1.82) is 0 Å². The second-order valence-corrected chi connectivity index (χ2v) is 7.14. The first-order valence-corrected chi connectivity index (χ1v) is 8.94. The van der Waals surface area contributed by atoms with Crippen molar-refractivity contribution in [1.82, 2.24) is 18.7 Å². The quantitative estimate of drug-likeness (QED) is 0.718. The third-order valence-electron chi connectivity index (χ3n) is 4.58. The highest BCUT2D eigenvalue weighted by Crippen LogP contribution is 2.18. The number of benzene rings is 1. The van der Waals surface area contributed by atoms with Crippen molar-refractivity contribution >= 4 is 17.1 Å². The largest absolute Gasteiger partial charge is 0.356 e. The molecule has 0 saturated carbocycles. The number of aromatic nitrogens is 4. The van der Waals surface area contributed by atoms with Crippen LogP contribution in [0.15, 0.2) is 33.9 Å². The Hall–Kier alpha value is -2.90. The molecule has 1 N–H and O–H groups in total. The molecular weight excluding hydrogens is 349 g/mol. The van der Waals surface area contributed by atoms with Crippen LogP contribution < -0.4 is 16.6 Å². The summed E-state index contributed by atoms with van der Waals surface area (Å²) >= 11 is 0. The maximum atomic E-state index is 13.6. The molecule has 7 nitrogen and oxygen atoms in total. The van der Waals surface area contributed by atoms with Gasteiger partial charge in [0.25, 0.3) is 5.56 Å². The highest BCUT2D eigenvalue weighted by Gasteiger charge is 2.19. The number of hydrogen-bond acceptors (Lipinski definition) is 4. The Morgan fingerprint density at radius 3 is 2.59 bits per heavy atom. The van der Waals surface area contributed by atoms with Gasteiger partial charge in [0.15, 0.2) is 11.2 Å². The fourth-order valence-electron chi connectivity index (χ4n) is 3.03. The highest BCUT2D eigenvalue weighted by molar-refractivity contribution is 5.74. The minimum atomic E-state index is -0.434. The predicted octanol–water partition coefficient (Wildman–Crippen LogP) is 2.08. The summed E-state index contributed by atoms with van der Waals surface area (Å²) in [6.45, 7) is 5.19. The molecule has 0 saturated heterocycles. The Kier molecular flexibility index (Phi) is 5.16. The molecule has 0 atom stereocenters. The van der Waals surface area contributed by atoms with Crippen LogP contribution in [0.25, 0.3) is 11.2 Å². The first-order valence-electron chi connectivity index (χ1n) is 8.94. The van der Waals surface area contributed by atoms with Crippen molar-refractivity contribution in [2.24, 2.45) is 20.0 Å². The van der Waals surface area contributed by atoms with Crippen LogP contribution in [0.2, 0.25) is 0 Å². The van der Waals surface area contributed by atoms with Crippen molar-refractivity contribution in [2.75, 3.05) is 11.9 Å². The van der Waals surface area contributed by atoms with Crippen LogP contribution in [0.5, 0.6) is 0 Å². The standard InChI is InChI=1S/C19H24FN5O2/c1-12(2)8-9-21-18-22-16-15(17(26)24(4)19(27)23(16)3)25(18)11-13-6-5-7-14(20)10-13/h5-7,10,12H,8-9,11H2,1-4H3,(H,21,22). The van der Waals surface area contributed by atoms with Crippen molar-refractivity contribution in [3.63, 3.8) is 0 Å². The van der Waals surface area contributed by atoms with E-state index in [-0.39, 0.29) is 12.4 Å². The summed E-state index contributed by atoms with van der Waals surface area (Å²) in [5, 5.41) is 3.26. The second kappa shape index (κ2) is 7.38. The minimum Gasteiger partial charge on any atom is -0.356 e. The molecule has 0 aliphatic heterocycles. The maximum absolute atomic E-state index is 13.6. The van der Waals surface area contributed by atoms with Gasteiger partial charge in [-0.2, -0.15) is 4.98 Å². The van der Waals surface area contributed by atoms with E-state index < -0.39 is 11.2 Å². The smallest absolute Gasteiger partial charge is 0.332 e. The summed E-state index contributed by atoms with van der Waals surface area (Å²) in [5.41, 5.74) is 0.477. The van der Waals surface area contributed by atoms with Crippen LogP contribution in [0.4, 0.5) is 10.3 Å². The average molecular weight is 373 g/mol. The molecule has 2 aromatic heterocycles. The Balaban J connectivity index is 2.17. The van der Waals surface area contributed by atoms with E-state index in [9.17, 15) is 14.0 Å². The number of rotatable bonds is 6. The number of fused-ring (bicyclic) bond motifs is 1. The third-order valence-corrected chi connectivity index (χ3v) is 4.58. The van der Waals surface area contributed by atoms with E-state index in [1.807, 2.05) is 0 Å². The van der Waals surface area contributed by atoms with E-state index in [2.05, 4.69) is 24.1 Å². The van der Waals surface area contributed by atoms with Gasteiger partial charge in [0.2, 0.25) is 5.95 Å². The summed E-state index contributed by atoms with van der Waals surface area (Å²) in [6.07, 6.45) is 0.931. The Morgan fingerprint density at radius 2 is 1.93 bits per heavy atom. The number of nitrogens with zero attached hydrogens (tertiary/aromatic N) is 4. The monoisotopic (exact) mass is 373 g/mol. The molecule has 0 spiro atoms. The molecular formula is C19H24FN5O2. The summed E-state index contributed by atoms with van der Waals surface area (Å²) in [7, 11) is 3.02. The van der Waals surface area contributed by atoms with E-state index in [1.165, 1.54) is 23.7 Å². The SMILES string of the molecule is CC(C)CCNc1nc2c(c(=O)n(C)c(=O)n2C)n1Cc1cccc(F)c1. The second-order valence-electron chi connectivity index (χ2n) is 7.14. The molecule has 0 amide bonds. The molecule has 0 bridgehead atoms. The van der Waals surface area contributed by atoms with E-state index in [1.54, 1.807) is 23.7 Å². The van der Waals surface area contributed by atoms with Gasteiger partial charge in [-0.3, -0.25) is 18.5 Å². The van der Waals surface area contributed by atoms with Crippen molar-refractivity contribution in [3.05, 3.63) is 56.5 Å². The molecule has 2 heterocycles. The normalized spacial score (nSPS) is 11.5. The van der Waals surface area contributed by atoms with Gasteiger partial charge >= 0.3 is 5.69 Å². The van der Waals surface area contributed by atoms with Crippen molar-refractivity contribution in [3.8, 4) is 0 Å². The van der Waals surface area contributed by atoms with Gasteiger partial charge in [-0.25, -0.2) is 9.18 Å². The van der Waals surface area contributed by atoms with Gasteiger partial charge in [0.1, 0.15) is 5.82 Å². The first kappa shape index (κ1) is 18.9. The molecule has 144 valence electrons. The highest BCUT2D eigenvalue weighted by atomic mass is 19.1. The van der Waals surface area contributed by atoms with Crippen LogP contribution in [-0.4, -0.2) is 25.2 Å². The lowest BCUT2D eigenvalue weighted by molar-refractivity contribution is 0.604. The minimum absolute atomic E-state index is 0.270. The molecule has 0 radical (unpaired) electrons. The maximum Gasteiger partial charge on any atom is 0.332 e. The fraction of sp³-hybridized carbons (Fsp3) is 0.421. The fourth-order valence-corrected chi connectivity index (χ4v) is 3.03. The molecule has 1 aromatic carbocycles. The number of anilines is 1. The predicted molar refractivity (Wildman–Crippen MR) is 104 cm³/mol. The number of hydrogen-bond donors (Lipinski definition) is 1. The van der Waals surface area contributed by atoms with Crippen LogP contribution in [0, 0.1) is 11.7 Å². The Labute approximate surface area is 156 Å². The third kappa shape index (κ3) is 3.65. The van der Waals surface area contributed by atoms with Crippen LogP contribution in [0.3, 0.4) is 0 Å². The van der Waals surface area contributed by atoms with E-state index in [4.69, 9.17) is 0 Å². The zero-order valence-electron chi connectivity index (χ0n) is 16.0. The molecule has 3 aromatic rings. The lowest BCUT2D eigenvalue weighted by Gasteiger charge is -2.12. The molecule has 0 aliphatic carbocycles. The number of nitrogens with one attached hydrogen (secondary N) is 1. The van der Waals surface area contributed by atoms with Crippen LogP contribution in [0.1, 0.15) is 25.8 Å². The molecule has 0 aliphatic rings. The Morgan fingerprint density at radius 1 is 1.19 bits per heavy atom. The lowest BCUT2D eigenvalue weighted by Crippen LogP contribution is -2.37. The first-order chi connectivity index (χ1) is 12.8. The van der Waals surface area contributed by atoms with Crippen LogP contribution >= 0.6 is 0 Å². The average Bonchev–Trinajstić information content (AvgIpc) is 2.96. The molecule has 27 heavy (non-hydrogen) atoms. The summed E-state index contributed by atoms with van der Waals surface area (Å²) in [5.74, 6) is 0.663. The zero-order chi connectivity index (χ0) is 19.7. The van der Waals surface area contributed by atoms with Crippen molar-refractivity contribution in [2.45, 2.75) is 26.8 Å². The number of imidazole rings is 1. The Bertz CT molecular complexity index is 1090. The van der Waals surface area contributed by atoms with Gasteiger partial charge in [-0.05, 0) is 30.0 Å². The van der Waals surface area contributed by atoms with Gasteiger partial charge in [-0.15, -0.1) is 0 Å². The summed E-state index contributed by atoms with van der Waals surface area (Å²) in [4.78, 5) is 29.5. The van der Waals surface area contributed by atoms with Gasteiger partial charge in [0, 0.05) is 20.6 Å². The molecule has 0 unspecified atom stereocenters. The van der Waals surface area contributed by atoms with E-state index >= 15 is 0 Å². The van der Waals surface area contributed by atoms with E-state index in [0.29, 0.717) is 35.1 Å².